The van der Waals surface area contributed by atoms with Gasteiger partial charge in [-0.3, -0.25) is 4.79 Å². The average molecular weight is 491 g/mol. The van der Waals surface area contributed by atoms with Crippen molar-refractivity contribution < 1.29 is 9.18 Å². The van der Waals surface area contributed by atoms with Gasteiger partial charge >= 0.3 is 0 Å². The molecule has 0 spiro atoms. The average Bonchev–Trinajstić information content (AvgIpc) is 3.31. The van der Waals surface area contributed by atoms with Crippen molar-refractivity contribution in [1.82, 2.24) is 9.88 Å². The fraction of sp³-hybridized carbons (Fsp3) is 0.182. The zero-order valence-electron chi connectivity index (χ0n) is 21.0. The van der Waals surface area contributed by atoms with Gasteiger partial charge in [-0.2, -0.15) is 0 Å². The largest absolute Gasteiger partial charge is 0.349 e. The topological polar surface area (TPSA) is 34.0 Å². The summed E-state index contributed by atoms with van der Waals surface area (Å²) >= 11 is 0. The zero-order valence-corrected chi connectivity index (χ0v) is 21.0. The molecule has 0 bridgehead atoms. The molecule has 0 saturated carbocycles. The van der Waals surface area contributed by atoms with E-state index in [0.29, 0.717) is 6.42 Å². The molecule has 37 heavy (non-hydrogen) atoms. The zero-order chi connectivity index (χ0) is 25.6. The number of carbonyl (C=O) groups excluding carboxylic acids is 1. The van der Waals surface area contributed by atoms with Crippen molar-refractivity contribution in [3.05, 3.63) is 143 Å². The minimum atomic E-state index is -0.298. The van der Waals surface area contributed by atoms with E-state index in [1.807, 2.05) is 66.7 Å². The van der Waals surface area contributed by atoms with Gasteiger partial charge in [-0.15, -0.1) is 0 Å². The van der Waals surface area contributed by atoms with Gasteiger partial charge in [0.1, 0.15) is 5.82 Å². The maximum Gasteiger partial charge on any atom is 0.221 e. The molecule has 5 aromatic rings. The van der Waals surface area contributed by atoms with Gasteiger partial charge < -0.3 is 9.88 Å². The second kappa shape index (κ2) is 11.3. The maximum atomic E-state index is 14.3. The Morgan fingerprint density at radius 3 is 2.24 bits per heavy atom. The highest BCUT2D eigenvalue weighted by molar-refractivity contribution is 5.86. The number of nitrogens with zero attached hydrogens (tertiary/aromatic N) is 1. The molecule has 4 heteroatoms. The lowest BCUT2D eigenvalue weighted by Crippen LogP contribution is -2.31. The Kier molecular flexibility index (Phi) is 7.46. The van der Waals surface area contributed by atoms with Gasteiger partial charge in [0.05, 0.1) is 6.04 Å². The number of aryl methyl sites for hydroxylation is 1. The van der Waals surface area contributed by atoms with Gasteiger partial charge in [-0.25, -0.2) is 4.39 Å². The number of hydrogen-bond donors (Lipinski definition) is 1. The lowest BCUT2D eigenvalue weighted by atomic mass is 9.87. The quantitative estimate of drug-likeness (QED) is 0.229. The number of aromatic nitrogens is 1. The van der Waals surface area contributed by atoms with E-state index < -0.39 is 0 Å². The lowest BCUT2D eigenvalue weighted by molar-refractivity contribution is -0.122. The van der Waals surface area contributed by atoms with E-state index in [0.717, 1.165) is 39.7 Å². The molecule has 0 saturated heterocycles. The molecule has 3 nitrogen and oxygen atoms in total. The number of rotatable bonds is 9. The van der Waals surface area contributed by atoms with Crippen LogP contribution in [-0.2, 0) is 17.8 Å². The number of carbonyl (C=O) groups is 1. The van der Waals surface area contributed by atoms with Crippen LogP contribution < -0.4 is 5.32 Å². The molecule has 4 aromatic carbocycles. The second-order valence-corrected chi connectivity index (χ2v) is 9.42. The number of para-hydroxylation sites is 1. The van der Waals surface area contributed by atoms with Crippen molar-refractivity contribution in [3.63, 3.8) is 0 Å². The molecule has 1 heterocycles. The van der Waals surface area contributed by atoms with E-state index >= 15 is 0 Å². The number of fused-ring (bicyclic) bond motifs is 1. The van der Waals surface area contributed by atoms with Gasteiger partial charge in [-0.05, 0) is 53.8 Å². The Morgan fingerprint density at radius 1 is 0.838 bits per heavy atom. The van der Waals surface area contributed by atoms with Gasteiger partial charge in [0, 0.05) is 36.0 Å². The summed E-state index contributed by atoms with van der Waals surface area (Å²) in [6.45, 7) is 2.92. The van der Waals surface area contributed by atoms with E-state index in [1.54, 1.807) is 12.1 Å². The van der Waals surface area contributed by atoms with Crippen molar-refractivity contribution in [2.75, 3.05) is 0 Å². The Balaban J connectivity index is 1.48. The van der Waals surface area contributed by atoms with Crippen LogP contribution in [0.5, 0.6) is 0 Å². The van der Waals surface area contributed by atoms with Crippen molar-refractivity contribution in [2.45, 2.75) is 38.3 Å². The summed E-state index contributed by atoms with van der Waals surface area (Å²) < 4.78 is 16.5. The van der Waals surface area contributed by atoms with Crippen LogP contribution in [0.15, 0.2) is 115 Å². The van der Waals surface area contributed by atoms with Gasteiger partial charge in [0.2, 0.25) is 5.91 Å². The van der Waals surface area contributed by atoms with Crippen molar-refractivity contribution in [3.8, 4) is 0 Å². The van der Waals surface area contributed by atoms with E-state index in [2.05, 4.69) is 47.3 Å². The van der Waals surface area contributed by atoms with E-state index in [-0.39, 0.29) is 30.1 Å². The predicted molar refractivity (Wildman–Crippen MR) is 148 cm³/mol. The number of nitrogens with one attached hydrogen (secondary N) is 1. The first-order valence-electron chi connectivity index (χ1n) is 12.8. The lowest BCUT2D eigenvalue weighted by Gasteiger charge is -2.22. The molecular formula is C33H31FN2O. The van der Waals surface area contributed by atoms with E-state index in [1.165, 1.54) is 6.07 Å². The Morgan fingerprint density at radius 2 is 1.51 bits per heavy atom. The van der Waals surface area contributed by atoms with Crippen LogP contribution >= 0.6 is 0 Å². The van der Waals surface area contributed by atoms with Crippen molar-refractivity contribution in [2.24, 2.45) is 0 Å². The highest BCUT2D eigenvalue weighted by Gasteiger charge is 2.25. The third-order valence-corrected chi connectivity index (χ3v) is 7.00. The summed E-state index contributed by atoms with van der Waals surface area (Å²) in [7, 11) is 0. The molecule has 0 aliphatic rings. The van der Waals surface area contributed by atoms with Gasteiger partial charge in [-0.1, -0.05) is 91.0 Å². The summed E-state index contributed by atoms with van der Waals surface area (Å²) in [5.74, 6) is -0.637. The Hall–Kier alpha value is -4.18. The summed E-state index contributed by atoms with van der Waals surface area (Å²) in [5, 5.41) is 4.39. The molecule has 0 aliphatic carbocycles. The fourth-order valence-corrected chi connectivity index (χ4v) is 5.17. The van der Waals surface area contributed by atoms with Crippen LogP contribution in [-0.4, -0.2) is 10.5 Å². The number of halogens is 1. The fourth-order valence-electron chi connectivity index (χ4n) is 5.17. The minimum Gasteiger partial charge on any atom is -0.349 e. The van der Waals surface area contributed by atoms with E-state index in [4.69, 9.17) is 0 Å². The Bertz CT molecular complexity index is 1480. The molecule has 0 aliphatic heterocycles. The summed E-state index contributed by atoms with van der Waals surface area (Å²) in [4.78, 5) is 13.7. The third-order valence-electron chi connectivity index (χ3n) is 7.00. The molecule has 1 amide bonds. The Labute approximate surface area is 217 Å². The van der Waals surface area contributed by atoms with Crippen LogP contribution in [0.3, 0.4) is 0 Å². The third kappa shape index (κ3) is 5.64. The van der Waals surface area contributed by atoms with Gasteiger partial charge in [0.25, 0.3) is 0 Å². The molecule has 1 N–H and O–H groups in total. The van der Waals surface area contributed by atoms with Crippen LogP contribution in [0, 0.1) is 5.82 Å². The summed E-state index contributed by atoms with van der Waals surface area (Å²) in [5.41, 5.74) is 5.17. The number of benzene rings is 4. The first-order chi connectivity index (χ1) is 18.1. The van der Waals surface area contributed by atoms with Crippen LogP contribution in [0.4, 0.5) is 4.39 Å². The van der Waals surface area contributed by atoms with Crippen LogP contribution in [0.25, 0.3) is 10.9 Å². The maximum absolute atomic E-state index is 14.3. The van der Waals surface area contributed by atoms with Crippen LogP contribution in [0.2, 0.25) is 0 Å². The monoisotopic (exact) mass is 490 g/mol. The molecule has 186 valence electrons. The first-order valence-corrected chi connectivity index (χ1v) is 12.8. The van der Waals surface area contributed by atoms with Crippen LogP contribution in [0.1, 0.15) is 47.6 Å². The highest BCUT2D eigenvalue weighted by atomic mass is 19.1. The molecule has 1 aromatic heterocycles. The number of amides is 1. The molecule has 0 fully saturated rings. The second-order valence-electron chi connectivity index (χ2n) is 9.42. The molecule has 2 atom stereocenters. The summed E-state index contributed by atoms with van der Waals surface area (Å²) in [6, 6.07) is 34.9. The first kappa shape index (κ1) is 24.5. The SMILES string of the molecule is CCn1cc([C@@H](CC(=O)N[C@@H](Cc2ccccc2)c2ccccc2)c2cccc(F)c2)c2ccccc21. The smallest absolute Gasteiger partial charge is 0.221 e. The molecule has 0 unspecified atom stereocenters. The molecule has 5 rings (SSSR count). The van der Waals surface area contributed by atoms with Gasteiger partial charge in [0.15, 0.2) is 0 Å². The standard InChI is InChI=1S/C33H31FN2O/c1-2-36-23-30(28-18-9-10-19-32(28)36)29(26-16-11-17-27(34)21-26)22-33(37)35-31(25-14-7-4-8-15-25)20-24-12-5-3-6-13-24/h3-19,21,23,29,31H,2,20,22H2,1H3,(H,35,37)/t29-,31-/m0/s1. The number of hydrogen-bond acceptors (Lipinski definition) is 1. The van der Waals surface area contributed by atoms with Crippen molar-refractivity contribution in [1.29, 1.82) is 0 Å². The predicted octanol–water partition coefficient (Wildman–Crippen LogP) is 7.42. The minimum absolute atomic E-state index is 0.0626. The molecule has 0 radical (unpaired) electrons. The highest BCUT2D eigenvalue weighted by Crippen LogP contribution is 2.35. The normalized spacial score (nSPS) is 12.8. The van der Waals surface area contributed by atoms with E-state index in [9.17, 15) is 9.18 Å². The summed E-state index contributed by atoms with van der Waals surface area (Å²) in [6.07, 6.45) is 3.03. The molecular weight excluding hydrogens is 459 g/mol. The van der Waals surface area contributed by atoms with Crippen molar-refractivity contribution >= 4 is 16.8 Å².